The van der Waals surface area contributed by atoms with Crippen molar-refractivity contribution in [1.82, 2.24) is 24.0 Å². The maximum absolute atomic E-state index is 12.4. The summed E-state index contributed by atoms with van der Waals surface area (Å²) in [4.78, 5) is 21.9. The third-order valence-corrected chi connectivity index (χ3v) is 7.52. The Balaban J connectivity index is 1.38. The van der Waals surface area contributed by atoms with E-state index in [0.29, 0.717) is 23.6 Å². The molecule has 12 heteroatoms. The Morgan fingerprint density at radius 3 is 2.78 bits per heavy atom. The van der Waals surface area contributed by atoms with Crippen LogP contribution in [0.5, 0.6) is 0 Å². The van der Waals surface area contributed by atoms with Gasteiger partial charge in [0.15, 0.2) is 6.61 Å². The third kappa shape index (κ3) is 4.42. The molecule has 32 heavy (non-hydrogen) atoms. The van der Waals surface area contributed by atoms with Crippen LogP contribution in [0.1, 0.15) is 18.1 Å². The average Bonchev–Trinajstić information content (AvgIpc) is 3.51. The van der Waals surface area contributed by atoms with Gasteiger partial charge in [0.05, 0.1) is 27.2 Å². The van der Waals surface area contributed by atoms with E-state index in [4.69, 9.17) is 9.26 Å². The minimum Gasteiger partial charge on any atom is -0.456 e. The Bertz CT molecular complexity index is 1360. The number of benzene rings is 1. The van der Waals surface area contributed by atoms with Crippen molar-refractivity contribution in [3.63, 3.8) is 0 Å². The van der Waals surface area contributed by atoms with Gasteiger partial charge in [-0.05, 0) is 29.6 Å². The van der Waals surface area contributed by atoms with Crippen molar-refractivity contribution in [2.24, 2.45) is 7.05 Å². The molecule has 0 N–H and O–H groups in total. The van der Waals surface area contributed by atoms with Crippen LogP contribution in [0, 0.1) is 0 Å². The van der Waals surface area contributed by atoms with Gasteiger partial charge in [-0.2, -0.15) is 4.98 Å². The first kappa shape index (κ1) is 22.1. The molecule has 0 fully saturated rings. The molecular weight excluding hydrogens is 454 g/mol. The number of esters is 1. The number of carbonyl (C=O) groups excluding carboxylic acids is 1. The van der Waals surface area contributed by atoms with Gasteiger partial charge in [-0.3, -0.25) is 4.79 Å². The molecule has 0 radical (unpaired) electrons. The number of aryl methyl sites for hydroxylation is 2. The van der Waals surface area contributed by atoms with Crippen LogP contribution in [0.3, 0.4) is 0 Å². The van der Waals surface area contributed by atoms with Crippen LogP contribution in [0.2, 0.25) is 0 Å². The number of fused-ring (bicyclic) bond motifs is 1. The van der Waals surface area contributed by atoms with Gasteiger partial charge < -0.3 is 13.8 Å². The van der Waals surface area contributed by atoms with Crippen molar-refractivity contribution >= 4 is 38.4 Å². The molecule has 0 aliphatic carbocycles. The summed E-state index contributed by atoms with van der Waals surface area (Å²) in [5, 5.41) is 5.79. The fourth-order valence-corrected chi connectivity index (χ4v) is 4.64. The molecule has 3 heterocycles. The number of ether oxygens (including phenoxy) is 1. The number of carbonyl (C=O) groups is 1. The molecule has 0 saturated carbocycles. The average molecular weight is 476 g/mol. The SMILES string of the molecule is CN(C)S(=O)(=O)c1ccc2c(c1)nc(CCC(=O)OCc1nc(-c3cccs3)no1)n2C. The number of thiophene rings is 1. The number of sulfonamides is 1. The van der Waals surface area contributed by atoms with Crippen LogP contribution < -0.4 is 0 Å². The van der Waals surface area contributed by atoms with Crippen molar-refractivity contribution in [2.75, 3.05) is 14.1 Å². The standard InChI is InChI=1S/C20H21N5O5S2/c1-24(2)32(27,28)13-6-7-15-14(11-13)21-17(25(15)3)8-9-19(26)29-12-18-22-20(23-30-18)16-5-4-10-31-16/h4-7,10-11H,8-9,12H2,1-3H3. The van der Waals surface area contributed by atoms with E-state index in [1.54, 1.807) is 12.1 Å². The highest BCUT2D eigenvalue weighted by Gasteiger charge is 2.19. The summed E-state index contributed by atoms with van der Waals surface area (Å²) in [6, 6.07) is 8.56. The lowest BCUT2D eigenvalue weighted by Gasteiger charge is -2.10. The van der Waals surface area contributed by atoms with Gasteiger partial charge in [-0.15, -0.1) is 11.3 Å². The molecule has 4 rings (SSSR count). The molecule has 4 aromatic rings. The third-order valence-electron chi connectivity index (χ3n) is 4.84. The fourth-order valence-electron chi connectivity index (χ4n) is 3.07. The van der Waals surface area contributed by atoms with Gasteiger partial charge >= 0.3 is 5.97 Å². The van der Waals surface area contributed by atoms with Crippen LogP contribution in [0.15, 0.2) is 45.1 Å². The van der Waals surface area contributed by atoms with Crippen LogP contribution in [0.25, 0.3) is 21.7 Å². The van der Waals surface area contributed by atoms with Crippen molar-refractivity contribution in [2.45, 2.75) is 24.3 Å². The summed E-state index contributed by atoms with van der Waals surface area (Å²) < 4.78 is 38.0. The van der Waals surface area contributed by atoms with E-state index in [1.165, 1.54) is 31.5 Å². The van der Waals surface area contributed by atoms with Gasteiger partial charge in [-0.1, -0.05) is 11.2 Å². The lowest BCUT2D eigenvalue weighted by atomic mass is 10.3. The Hall–Kier alpha value is -3.09. The number of aromatic nitrogens is 4. The van der Waals surface area contributed by atoms with Crippen molar-refractivity contribution < 1.29 is 22.5 Å². The van der Waals surface area contributed by atoms with E-state index >= 15 is 0 Å². The summed E-state index contributed by atoms with van der Waals surface area (Å²) in [6.45, 7) is -0.106. The van der Waals surface area contributed by atoms with Gasteiger partial charge in [0.2, 0.25) is 15.8 Å². The topological polar surface area (TPSA) is 120 Å². The number of rotatable bonds is 8. The molecular formula is C20H21N5O5S2. The van der Waals surface area contributed by atoms with Crippen LogP contribution >= 0.6 is 11.3 Å². The molecule has 0 bridgehead atoms. The molecule has 0 amide bonds. The molecule has 0 unspecified atom stereocenters. The van der Waals surface area contributed by atoms with Crippen molar-refractivity contribution in [1.29, 1.82) is 0 Å². The van der Waals surface area contributed by atoms with Crippen LogP contribution in [0.4, 0.5) is 0 Å². The molecule has 10 nitrogen and oxygen atoms in total. The first-order valence-electron chi connectivity index (χ1n) is 9.65. The number of hydrogen-bond donors (Lipinski definition) is 0. The Morgan fingerprint density at radius 2 is 2.06 bits per heavy atom. The summed E-state index contributed by atoms with van der Waals surface area (Å²) in [5.41, 5.74) is 1.32. The van der Waals surface area contributed by atoms with Gasteiger partial charge in [0.25, 0.3) is 5.89 Å². The van der Waals surface area contributed by atoms with Crippen LogP contribution in [-0.4, -0.2) is 52.5 Å². The molecule has 0 atom stereocenters. The summed E-state index contributed by atoms with van der Waals surface area (Å²) in [5.74, 6) is 0.901. The van der Waals surface area contributed by atoms with Gasteiger partial charge in [-0.25, -0.2) is 17.7 Å². The van der Waals surface area contributed by atoms with Crippen molar-refractivity contribution in [3.05, 3.63) is 47.4 Å². The van der Waals surface area contributed by atoms with E-state index in [9.17, 15) is 13.2 Å². The van der Waals surface area contributed by atoms with E-state index in [0.717, 1.165) is 14.7 Å². The molecule has 0 saturated heterocycles. The minimum atomic E-state index is -3.55. The predicted octanol–water partition coefficient (Wildman–Crippen LogP) is 2.61. The summed E-state index contributed by atoms with van der Waals surface area (Å²) in [7, 11) is 1.22. The monoisotopic (exact) mass is 475 g/mol. The fraction of sp³-hybridized carbons (Fsp3) is 0.300. The summed E-state index contributed by atoms with van der Waals surface area (Å²) in [6.07, 6.45) is 0.440. The lowest BCUT2D eigenvalue weighted by Crippen LogP contribution is -2.22. The van der Waals surface area contributed by atoms with Gasteiger partial charge in [0.1, 0.15) is 5.82 Å². The second-order valence-electron chi connectivity index (χ2n) is 7.17. The van der Waals surface area contributed by atoms with E-state index < -0.39 is 16.0 Å². The molecule has 1 aromatic carbocycles. The largest absolute Gasteiger partial charge is 0.456 e. The zero-order valence-electron chi connectivity index (χ0n) is 17.7. The molecule has 0 aliphatic heterocycles. The Labute approximate surface area is 188 Å². The van der Waals surface area contributed by atoms with E-state index in [2.05, 4.69) is 15.1 Å². The predicted molar refractivity (Wildman–Crippen MR) is 117 cm³/mol. The molecule has 168 valence electrons. The maximum atomic E-state index is 12.4. The number of imidazole rings is 1. The molecule has 0 aliphatic rings. The summed E-state index contributed by atoms with van der Waals surface area (Å²) >= 11 is 1.49. The molecule has 0 spiro atoms. The smallest absolute Gasteiger partial charge is 0.306 e. The highest BCUT2D eigenvalue weighted by molar-refractivity contribution is 7.89. The minimum absolute atomic E-state index is 0.103. The van der Waals surface area contributed by atoms with Gasteiger partial charge in [0, 0.05) is 27.6 Å². The lowest BCUT2D eigenvalue weighted by molar-refractivity contribution is -0.145. The normalized spacial score (nSPS) is 12.0. The number of hydrogen-bond acceptors (Lipinski definition) is 9. The highest BCUT2D eigenvalue weighted by Crippen LogP contribution is 2.23. The second kappa shape index (κ2) is 8.81. The zero-order valence-corrected chi connectivity index (χ0v) is 19.3. The Morgan fingerprint density at radius 1 is 1.25 bits per heavy atom. The quantitative estimate of drug-likeness (QED) is 0.357. The highest BCUT2D eigenvalue weighted by atomic mass is 32.2. The first-order chi connectivity index (χ1) is 15.3. The van der Waals surface area contributed by atoms with E-state index in [-0.39, 0.29) is 23.8 Å². The van der Waals surface area contributed by atoms with Crippen molar-refractivity contribution in [3.8, 4) is 10.7 Å². The second-order valence-corrected chi connectivity index (χ2v) is 10.3. The van der Waals surface area contributed by atoms with Crippen LogP contribution in [-0.2, 0) is 39.6 Å². The zero-order chi connectivity index (χ0) is 22.9. The van der Waals surface area contributed by atoms with E-state index in [1.807, 2.05) is 29.1 Å². The molecule has 3 aromatic heterocycles. The number of nitrogens with zero attached hydrogens (tertiary/aromatic N) is 5. The maximum Gasteiger partial charge on any atom is 0.306 e. The first-order valence-corrected chi connectivity index (χ1v) is 12.0. The Kier molecular flexibility index (Phi) is 6.09.